The molecule has 1 atom stereocenters. The van der Waals surface area contributed by atoms with Gasteiger partial charge in [0.15, 0.2) is 0 Å². The van der Waals surface area contributed by atoms with Gasteiger partial charge >= 0.3 is 0 Å². The summed E-state index contributed by atoms with van der Waals surface area (Å²) in [5.41, 5.74) is 1.42. The van der Waals surface area contributed by atoms with E-state index in [0.717, 1.165) is 19.6 Å². The van der Waals surface area contributed by atoms with Crippen molar-refractivity contribution in [3.8, 4) is 0 Å². The first kappa shape index (κ1) is 17.2. The van der Waals surface area contributed by atoms with Crippen molar-refractivity contribution in [3.63, 3.8) is 0 Å². The Labute approximate surface area is 125 Å². The van der Waals surface area contributed by atoms with Crippen molar-refractivity contribution in [2.75, 3.05) is 26.2 Å². The van der Waals surface area contributed by atoms with Crippen LogP contribution in [0.15, 0.2) is 30.3 Å². The highest BCUT2D eigenvalue weighted by Crippen LogP contribution is 2.20. The monoisotopic (exact) mass is 276 g/mol. The van der Waals surface area contributed by atoms with E-state index in [0.29, 0.717) is 12.0 Å². The van der Waals surface area contributed by atoms with Crippen LogP contribution in [-0.2, 0) is 0 Å². The molecule has 0 aliphatic heterocycles. The van der Waals surface area contributed by atoms with Crippen LogP contribution in [0.25, 0.3) is 0 Å². The van der Waals surface area contributed by atoms with E-state index in [1.807, 2.05) is 0 Å². The molecule has 1 unspecified atom stereocenters. The average Bonchev–Trinajstić information content (AvgIpc) is 2.45. The van der Waals surface area contributed by atoms with Gasteiger partial charge in [0.1, 0.15) is 0 Å². The van der Waals surface area contributed by atoms with Crippen molar-refractivity contribution in [1.29, 1.82) is 0 Å². The van der Waals surface area contributed by atoms with Crippen molar-refractivity contribution in [2.45, 2.75) is 46.6 Å². The molecule has 0 fully saturated rings. The molecule has 0 aliphatic carbocycles. The topological polar surface area (TPSA) is 15.3 Å². The van der Waals surface area contributed by atoms with E-state index in [4.69, 9.17) is 0 Å². The lowest BCUT2D eigenvalue weighted by atomic mass is 9.97. The molecule has 0 radical (unpaired) electrons. The number of nitrogens with one attached hydrogen (secondary N) is 1. The largest absolute Gasteiger partial charge is 0.309 e. The highest BCUT2D eigenvalue weighted by molar-refractivity contribution is 5.18. The molecule has 1 rings (SSSR count). The molecule has 1 N–H and O–H groups in total. The molecule has 2 nitrogen and oxygen atoms in total. The molecule has 2 heteroatoms. The van der Waals surface area contributed by atoms with Crippen LogP contribution in [0.2, 0.25) is 0 Å². The lowest BCUT2D eigenvalue weighted by Gasteiger charge is -2.24. The van der Waals surface area contributed by atoms with Gasteiger partial charge in [0.05, 0.1) is 0 Å². The van der Waals surface area contributed by atoms with Gasteiger partial charge in [-0.05, 0) is 37.4 Å². The van der Waals surface area contributed by atoms with Crippen LogP contribution >= 0.6 is 0 Å². The second-order valence-corrected chi connectivity index (χ2v) is 5.98. The maximum absolute atomic E-state index is 3.75. The molecule has 0 bridgehead atoms. The summed E-state index contributed by atoms with van der Waals surface area (Å²) in [5.74, 6) is 0.714. The smallest absolute Gasteiger partial charge is 0.0323 e. The maximum Gasteiger partial charge on any atom is 0.0323 e. The van der Waals surface area contributed by atoms with E-state index in [2.05, 4.69) is 68.2 Å². The van der Waals surface area contributed by atoms with E-state index in [1.165, 1.54) is 24.9 Å². The number of benzene rings is 1. The summed E-state index contributed by atoms with van der Waals surface area (Å²) >= 11 is 0. The van der Waals surface area contributed by atoms with Gasteiger partial charge in [-0.2, -0.15) is 0 Å². The van der Waals surface area contributed by atoms with E-state index in [9.17, 15) is 0 Å². The van der Waals surface area contributed by atoms with Gasteiger partial charge in [-0.25, -0.2) is 0 Å². The first-order valence-electron chi connectivity index (χ1n) is 8.18. The Balaban J connectivity index is 2.49. The molecular formula is C18H32N2. The van der Waals surface area contributed by atoms with Gasteiger partial charge in [0.2, 0.25) is 0 Å². The fourth-order valence-electron chi connectivity index (χ4n) is 2.64. The van der Waals surface area contributed by atoms with Crippen LogP contribution in [0.3, 0.4) is 0 Å². The second-order valence-electron chi connectivity index (χ2n) is 5.98. The van der Waals surface area contributed by atoms with Crippen molar-refractivity contribution >= 4 is 0 Å². The third kappa shape index (κ3) is 6.53. The maximum atomic E-state index is 3.75. The quantitative estimate of drug-likeness (QED) is 0.692. The second kappa shape index (κ2) is 9.95. The Morgan fingerprint density at radius 2 is 1.75 bits per heavy atom. The molecule has 114 valence electrons. The van der Waals surface area contributed by atoms with Crippen molar-refractivity contribution < 1.29 is 0 Å². The predicted molar refractivity (Wildman–Crippen MR) is 89.0 cm³/mol. The summed E-state index contributed by atoms with van der Waals surface area (Å²) in [7, 11) is 0. The molecule has 0 heterocycles. The number of hydrogen-bond donors (Lipinski definition) is 1. The minimum absolute atomic E-state index is 0.483. The molecule has 0 saturated carbocycles. The van der Waals surface area contributed by atoms with Gasteiger partial charge in [0.25, 0.3) is 0 Å². The van der Waals surface area contributed by atoms with E-state index in [1.54, 1.807) is 0 Å². The Morgan fingerprint density at radius 3 is 2.30 bits per heavy atom. The Bertz CT molecular complexity index is 335. The standard InChI is InChI=1S/C18H32N2/c1-5-13-20(6-2)14-12-19-18(15-16(3)4)17-10-8-7-9-11-17/h7-11,16,18-19H,5-6,12-15H2,1-4H3. The van der Waals surface area contributed by atoms with E-state index in [-0.39, 0.29) is 0 Å². The summed E-state index contributed by atoms with van der Waals surface area (Å²) in [4.78, 5) is 2.52. The van der Waals surface area contributed by atoms with Gasteiger partial charge in [0, 0.05) is 19.1 Å². The zero-order valence-electron chi connectivity index (χ0n) is 13.7. The van der Waals surface area contributed by atoms with Gasteiger partial charge < -0.3 is 10.2 Å². The first-order chi connectivity index (χ1) is 9.67. The summed E-state index contributed by atoms with van der Waals surface area (Å²) in [6.45, 7) is 13.7. The van der Waals surface area contributed by atoms with Crippen molar-refractivity contribution in [3.05, 3.63) is 35.9 Å². The minimum Gasteiger partial charge on any atom is -0.309 e. The highest BCUT2D eigenvalue weighted by Gasteiger charge is 2.12. The fourth-order valence-corrected chi connectivity index (χ4v) is 2.64. The third-order valence-electron chi connectivity index (χ3n) is 3.71. The Morgan fingerprint density at radius 1 is 1.05 bits per heavy atom. The van der Waals surface area contributed by atoms with Crippen LogP contribution < -0.4 is 5.32 Å². The van der Waals surface area contributed by atoms with Crippen molar-refractivity contribution in [1.82, 2.24) is 10.2 Å². The van der Waals surface area contributed by atoms with Crippen LogP contribution in [0.4, 0.5) is 0 Å². The van der Waals surface area contributed by atoms with Crippen LogP contribution in [0, 0.1) is 5.92 Å². The normalized spacial score (nSPS) is 13.1. The van der Waals surface area contributed by atoms with Crippen LogP contribution in [-0.4, -0.2) is 31.1 Å². The lowest BCUT2D eigenvalue weighted by molar-refractivity contribution is 0.278. The lowest BCUT2D eigenvalue weighted by Crippen LogP contribution is -2.34. The molecule has 0 amide bonds. The summed E-state index contributed by atoms with van der Waals surface area (Å²) in [5, 5.41) is 3.75. The van der Waals surface area contributed by atoms with Crippen molar-refractivity contribution in [2.24, 2.45) is 5.92 Å². The number of rotatable bonds is 10. The van der Waals surface area contributed by atoms with Gasteiger partial charge in [-0.3, -0.25) is 0 Å². The van der Waals surface area contributed by atoms with Crippen LogP contribution in [0.1, 0.15) is 52.1 Å². The van der Waals surface area contributed by atoms with Crippen LogP contribution in [0.5, 0.6) is 0 Å². The predicted octanol–water partition coefficient (Wildman–Crippen LogP) is 4.10. The molecule has 1 aromatic carbocycles. The summed E-state index contributed by atoms with van der Waals surface area (Å²) in [6.07, 6.45) is 2.44. The summed E-state index contributed by atoms with van der Waals surface area (Å²) < 4.78 is 0. The zero-order chi connectivity index (χ0) is 14.8. The Hall–Kier alpha value is -0.860. The van der Waals surface area contributed by atoms with Gasteiger partial charge in [-0.15, -0.1) is 0 Å². The number of nitrogens with zero attached hydrogens (tertiary/aromatic N) is 1. The molecule has 0 saturated heterocycles. The Kier molecular flexibility index (Phi) is 8.56. The van der Waals surface area contributed by atoms with Gasteiger partial charge in [-0.1, -0.05) is 58.0 Å². The molecule has 0 aromatic heterocycles. The van der Waals surface area contributed by atoms with E-state index < -0.39 is 0 Å². The molecule has 20 heavy (non-hydrogen) atoms. The zero-order valence-corrected chi connectivity index (χ0v) is 13.7. The number of likely N-dealkylation sites (N-methyl/N-ethyl adjacent to an activating group) is 1. The summed E-state index contributed by atoms with van der Waals surface area (Å²) in [6, 6.07) is 11.3. The van der Waals surface area contributed by atoms with E-state index >= 15 is 0 Å². The molecule has 1 aromatic rings. The molecular weight excluding hydrogens is 244 g/mol. The highest BCUT2D eigenvalue weighted by atomic mass is 15.1. The number of hydrogen-bond acceptors (Lipinski definition) is 2. The molecule has 0 spiro atoms. The third-order valence-corrected chi connectivity index (χ3v) is 3.71. The SMILES string of the molecule is CCCN(CC)CCNC(CC(C)C)c1ccccc1. The minimum atomic E-state index is 0.483. The molecule has 0 aliphatic rings. The average molecular weight is 276 g/mol. The fraction of sp³-hybridized carbons (Fsp3) is 0.667. The first-order valence-corrected chi connectivity index (χ1v) is 8.18.